The van der Waals surface area contributed by atoms with Crippen LogP contribution in [0.15, 0.2) is 0 Å². The lowest BCUT2D eigenvalue weighted by Gasteiger charge is -1.82. The van der Waals surface area contributed by atoms with Crippen LogP contribution in [-0.4, -0.2) is 17.0 Å². The standard InChI is InChI=1S/C4H8O2S/c1-4(7-6)2-3-5/h4-5H,1-3H2/q+1. The van der Waals surface area contributed by atoms with Gasteiger partial charge in [-0.1, -0.05) is 0 Å². The molecule has 0 spiro atoms. The zero-order chi connectivity index (χ0) is 5.70. The van der Waals surface area contributed by atoms with Crippen molar-refractivity contribution in [3.63, 3.8) is 0 Å². The molecule has 0 fully saturated rings. The molecule has 0 saturated carbocycles. The molecule has 0 aromatic carbocycles. The molecule has 0 bridgehead atoms. The van der Waals surface area contributed by atoms with Crippen LogP contribution in [0.4, 0.5) is 0 Å². The summed E-state index contributed by atoms with van der Waals surface area (Å²) in [7, 11) is 0. The highest BCUT2D eigenvalue weighted by molar-refractivity contribution is 7.66. The van der Waals surface area contributed by atoms with Gasteiger partial charge in [-0.3, -0.25) is 0 Å². The number of hydrogen-bond acceptors (Lipinski definition) is 2. The topological polar surface area (TPSA) is 37.3 Å². The normalized spacial score (nSPS) is 13.4. The zero-order valence-corrected chi connectivity index (χ0v) is 4.78. The van der Waals surface area contributed by atoms with E-state index in [-0.39, 0.29) is 11.9 Å². The van der Waals surface area contributed by atoms with Crippen LogP contribution in [0.2, 0.25) is 0 Å². The largest absolute Gasteiger partial charge is 0.462 e. The lowest BCUT2D eigenvalue weighted by Crippen LogP contribution is -2.01. The van der Waals surface area contributed by atoms with Crippen LogP contribution >= 0.6 is 0 Å². The van der Waals surface area contributed by atoms with E-state index in [1.165, 1.54) is 0 Å². The first kappa shape index (κ1) is 6.98. The Morgan fingerprint density at radius 3 is 2.57 bits per heavy atom. The first-order chi connectivity index (χ1) is 3.31. The van der Waals surface area contributed by atoms with Gasteiger partial charge in [0.1, 0.15) is 0 Å². The minimum atomic E-state index is -0.190. The van der Waals surface area contributed by atoms with E-state index in [0.29, 0.717) is 18.1 Å². The van der Waals surface area contributed by atoms with Gasteiger partial charge in [-0.05, 0) is 0 Å². The molecule has 1 atom stereocenters. The maximum atomic E-state index is 9.76. The van der Waals surface area contributed by atoms with E-state index in [4.69, 9.17) is 5.11 Å². The van der Waals surface area contributed by atoms with Gasteiger partial charge in [0.15, 0.2) is 0 Å². The summed E-state index contributed by atoms with van der Waals surface area (Å²) in [6.45, 7) is 3.50. The van der Waals surface area contributed by atoms with E-state index in [1.54, 1.807) is 0 Å². The van der Waals surface area contributed by atoms with Gasteiger partial charge in [-0.25, -0.2) is 0 Å². The second-order valence-corrected chi connectivity index (χ2v) is 2.09. The molecule has 0 aromatic rings. The van der Waals surface area contributed by atoms with Crippen molar-refractivity contribution >= 4 is 11.7 Å². The summed E-state index contributed by atoms with van der Waals surface area (Å²) in [5, 5.41) is 7.99. The van der Waals surface area contributed by atoms with E-state index >= 15 is 0 Å². The van der Waals surface area contributed by atoms with E-state index in [2.05, 4.69) is 6.92 Å². The fraction of sp³-hybridized carbons (Fsp3) is 0.750. The molecule has 1 radical (unpaired) electrons. The first-order valence-corrected chi connectivity index (χ1v) is 2.84. The minimum absolute atomic E-state index is 0.0589. The van der Waals surface area contributed by atoms with E-state index < -0.39 is 0 Å². The first-order valence-electron chi connectivity index (χ1n) is 2.04. The van der Waals surface area contributed by atoms with E-state index in [0.717, 1.165) is 0 Å². The van der Waals surface area contributed by atoms with Gasteiger partial charge >= 0.3 is 11.7 Å². The van der Waals surface area contributed by atoms with Crippen LogP contribution in [0.5, 0.6) is 0 Å². The Balaban J connectivity index is 2.98. The number of aliphatic hydroxyl groups excluding tert-OH is 1. The van der Waals surface area contributed by atoms with E-state index in [9.17, 15) is 4.21 Å². The van der Waals surface area contributed by atoms with Gasteiger partial charge in [-0.2, -0.15) is 0 Å². The highest BCUT2D eigenvalue weighted by Gasteiger charge is 2.11. The van der Waals surface area contributed by atoms with Gasteiger partial charge in [0, 0.05) is 24.2 Å². The van der Waals surface area contributed by atoms with Gasteiger partial charge in [0.25, 0.3) is 0 Å². The van der Waals surface area contributed by atoms with Crippen LogP contribution in [-0.2, 0) is 15.9 Å². The lowest BCUT2D eigenvalue weighted by molar-refractivity contribution is 0.290. The molecule has 0 aliphatic heterocycles. The molecule has 41 valence electrons. The van der Waals surface area contributed by atoms with Crippen molar-refractivity contribution in [1.82, 2.24) is 0 Å². The Labute approximate surface area is 47.0 Å². The molecule has 0 rings (SSSR count). The summed E-state index contributed by atoms with van der Waals surface area (Å²) >= 11 is 0.428. The third-order valence-electron chi connectivity index (χ3n) is 0.587. The summed E-state index contributed by atoms with van der Waals surface area (Å²) in [5.74, 6) is 0. The van der Waals surface area contributed by atoms with Gasteiger partial charge in [0.2, 0.25) is 5.25 Å². The predicted octanol–water partition coefficient (Wildman–Crippen LogP) is -0.000410. The van der Waals surface area contributed by atoms with Crippen molar-refractivity contribution < 1.29 is 9.32 Å². The highest BCUT2D eigenvalue weighted by Crippen LogP contribution is 1.87. The predicted molar refractivity (Wildman–Crippen MR) is 28.9 cm³/mol. The van der Waals surface area contributed by atoms with Crippen molar-refractivity contribution in [2.75, 3.05) is 6.61 Å². The molecule has 2 nitrogen and oxygen atoms in total. The van der Waals surface area contributed by atoms with Gasteiger partial charge in [-0.15, -0.1) is 0 Å². The Morgan fingerprint density at radius 1 is 1.86 bits per heavy atom. The number of rotatable bonds is 3. The molecule has 3 heteroatoms. The summed E-state index contributed by atoms with van der Waals surface area (Å²) in [6.07, 6.45) is 0.494. The molecule has 1 N–H and O–H groups in total. The van der Waals surface area contributed by atoms with Crippen molar-refractivity contribution in [3.05, 3.63) is 6.92 Å². The van der Waals surface area contributed by atoms with E-state index in [1.807, 2.05) is 0 Å². The van der Waals surface area contributed by atoms with Crippen LogP contribution in [0.1, 0.15) is 6.42 Å². The summed E-state index contributed by atoms with van der Waals surface area (Å²) in [5.41, 5.74) is 0. The maximum absolute atomic E-state index is 9.76. The molecular weight excluding hydrogens is 112 g/mol. The molecule has 0 aromatic heterocycles. The highest BCUT2D eigenvalue weighted by atomic mass is 32.1. The quantitative estimate of drug-likeness (QED) is 0.532. The van der Waals surface area contributed by atoms with Gasteiger partial charge < -0.3 is 5.11 Å². The molecule has 7 heavy (non-hydrogen) atoms. The smallest absolute Gasteiger partial charge is 0.396 e. The summed E-state index contributed by atoms with van der Waals surface area (Å²) in [4.78, 5) is 0. The molecule has 0 heterocycles. The van der Waals surface area contributed by atoms with Crippen LogP contribution in [0.25, 0.3) is 0 Å². The van der Waals surface area contributed by atoms with Crippen LogP contribution in [0.3, 0.4) is 0 Å². The van der Waals surface area contributed by atoms with Crippen LogP contribution in [0, 0.1) is 6.92 Å². The minimum Gasteiger partial charge on any atom is -0.396 e. The Bertz CT molecular complexity index is 55.7. The maximum Gasteiger partial charge on any atom is 0.462 e. The number of aliphatic hydroxyl groups is 1. The monoisotopic (exact) mass is 120 g/mol. The molecule has 0 aliphatic carbocycles. The van der Waals surface area contributed by atoms with Crippen molar-refractivity contribution in [2.45, 2.75) is 11.7 Å². The third kappa shape index (κ3) is 3.82. The molecule has 0 amide bonds. The Kier molecular flexibility index (Phi) is 4.14. The second kappa shape index (κ2) is 4.15. The third-order valence-corrected chi connectivity index (χ3v) is 1.10. The molecular formula is C4H8O2S+. The molecule has 0 saturated heterocycles. The lowest BCUT2D eigenvalue weighted by atomic mass is 10.4. The van der Waals surface area contributed by atoms with Gasteiger partial charge in [0.05, 0.1) is 0 Å². The Morgan fingerprint density at radius 2 is 2.43 bits per heavy atom. The average Bonchev–Trinajstić information content (AvgIpc) is 1.68. The van der Waals surface area contributed by atoms with Crippen molar-refractivity contribution in [3.8, 4) is 0 Å². The molecule has 0 aliphatic rings. The Hall–Kier alpha value is -0.0200. The number of hydrogen-bond donors (Lipinski definition) is 1. The SMILES string of the molecule is [CH2]C(CCO)[S+]=O. The van der Waals surface area contributed by atoms with Crippen molar-refractivity contribution in [1.29, 1.82) is 0 Å². The average molecular weight is 120 g/mol. The zero-order valence-electron chi connectivity index (χ0n) is 3.96. The van der Waals surface area contributed by atoms with Crippen LogP contribution < -0.4 is 0 Å². The van der Waals surface area contributed by atoms with Crippen molar-refractivity contribution in [2.24, 2.45) is 0 Å². The summed E-state index contributed by atoms with van der Waals surface area (Å²) < 4.78 is 9.76. The summed E-state index contributed by atoms with van der Waals surface area (Å²) in [6, 6.07) is 0. The molecule has 1 unspecified atom stereocenters. The fourth-order valence-electron chi connectivity index (χ4n) is 0.192. The second-order valence-electron chi connectivity index (χ2n) is 1.23. The fourth-order valence-corrected chi connectivity index (χ4v) is 0.394.